The molecule has 0 saturated carbocycles. The van der Waals surface area contributed by atoms with Crippen LogP contribution in [-0.4, -0.2) is 0 Å². The summed E-state index contributed by atoms with van der Waals surface area (Å²) in [6.07, 6.45) is -10.3. The lowest BCUT2D eigenvalue weighted by Gasteiger charge is -2.25. The van der Waals surface area contributed by atoms with Crippen LogP contribution >= 0.6 is 46.4 Å². The summed E-state index contributed by atoms with van der Waals surface area (Å²) < 4.78 is 112. The standard InChI is InChI=1S/C32H14Cl4F8/c33-21-3-1-2-16(12-21)25-26(17-6-9-24(38)23(34)13-17)28(30(36)29(35)27(25)15-4-7-22(37)8-5-15)18-10-19(31(39,40)41)14-20(11-18)32(42,43)44/h1-14H. The molecular formula is C32H14Cl4F8. The molecule has 12 heteroatoms. The molecule has 0 aliphatic rings. The molecule has 0 atom stereocenters. The van der Waals surface area contributed by atoms with Crippen LogP contribution in [0.1, 0.15) is 11.1 Å². The largest absolute Gasteiger partial charge is 0.416 e. The molecule has 0 unspecified atom stereocenters. The Balaban J connectivity index is 2.05. The van der Waals surface area contributed by atoms with Gasteiger partial charge in [-0.3, -0.25) is 0 Å². The van der Waals surface area contributed by atoms with Crippen molar-refractivity contribution in [3.05, 3.63) is 128 Å². The Morgan fingerprint density at radius 2 is 0.955 bits per heavy atom. The maximum atomic E-state index is 14.3. The molecule has 0 spiro atoms. The zero-order valence-electron chi connectivity index (χ0n) is 21.6. The average Bonchev–Trinajstić information content (AvgIpc) is 2.95. The molecule has 5 aromatic carbocycles. The van der Waals surface area contributed by atoms with Crippen molar-refractivity contribution in [3.8, 4) is 44.5 Å². The fraction of sp³-hybridized carbons (Fsp3) is 0.0625. The van der Waals surface area contributed by atoms with Crippen molar-refractivity contribution >= 4 is 46.4 Å². The predicted octanol–water partition coefficient (Wildman–Crippen LogP) is 13.3. The van der Waals surface area contributed by atoms with Crippen LogP contribution in [0.4, 0.5) is 35.1 Å². The first kappa shape index (κ1) is 32.1. The molecular weight excluding hydrogens is 678 g/mol. The molecule has 0 aromatic heterocycles. The summed E-state index contributed by atoms with van der Waals surface area (Å²) in [7, 11) is 0. The van der Waals surface area contributed by atoms with Gasteiger partial charge in [0.1, 0.15) is 11.6 Å². The van der Waals surface area contributed by atoms with Gasteiger partial charge in [0.15, 0.2) is 0 Å². The lowest BCUT2D eigenvalue weighted by atomic mass is 9.82. The molecule has 44 heavy (non-hydrogen) atoms. The second-order valence-corrected chi connectivity index (χ2v) is 11.2. The van der Waals surface area contributed by atoms with E-state index in [1.165, 1.54) is 30.3 Å². The van der Waals surface area contributed by atoms with Crippen LogP contribution in [0.3, 0.4) is 0 Å². The van der Waals surface area contributed by atoms with Crippen molar-refractivity contribution in [2.75, 3.05) is 0 Å². The molecule has 0 nitrogen and oxygen atoms in total. The highest BCUT2D eigenvalue weighted by Gasteiger charge is 2.38. The lowest BCUT2D eigenvalue weighted by molar-refractivity contribution is -0.143. The van der Waals surface area contributed by atoms with E-state index in [4.69, 9.17) is 46.4 Å². The predicted molar refractivity (Wildman–Crippen MR) is 158 cm³/mol. The van der Waals surface area contributed by atoms with E-state index in [2.05, 4.69) is 0 Å². The zero-order valence-corrected chi connectivity index (χ0v) is 24.6. The van der Waals surface area contributed by atoms with Gasteiger partial charge < -0.3 is 0 Å². The molecule has 0 fully saturated rings. The number of rotatable bonds is 4. The zero-order chi connectivity index (χ0) is 32.1. The van der Waals surface area contributed by atoms with Gasteiger partial charge >= 0.3 is 12.4 Å². The first-order chi connectivity index (χ1) is 20.6. The first-order valence-corrected chi connectivity index (χ1v) is 13.9. The van der Waals surface area contributed by atoms with Gasteiger partial charge in [-0.15, -0.1) is 0 Å². The van der Waals surface area contributed by atoms with Crippen LogP contribution in [0.25, 0.3) is 44.5 Å². The van der Waals surface area contributed by atoms with Crippen molar-refractivity contribution in [2.24, 2.45) is 0 Å². The minimum absolute atomic E-state index is 0.0157. The highest BCUT2D eigenvalue weighted by atomic mass is 35.5. The molecule has 0 heterocycles. The van der Waals surface area contributed by atoms with Gasteiger partial charge in [0.2, 0.25) is 0 Å². The summed E-state index contributed by atoms with van der Waals surface area (Å²) in [5, 5.41) is -0.840. The molecule has 5 rings (SSSR count). The number of hydrogen-bond donors (Lipinski definition) is 0. The summed E-state index contributed by atoms with van der Waals surface area (Å²) in [5.41, 5.74) is -3.12. The molecule has 0 aliphatic heterocycles. The van der Waals surface area contributed by atoms with Gasteiger partial charge in [-0.1, -0.05) is 76.7 Å². The van der Waals surface area contributed by atoms with Gasteiger partial charge in [-0.2, -0.15) is 26.3 Å². The van der Waals surface area contributed by atoms with Gasteiger partial charge in [0.25, 0.3) is 0 Å². The Morgan fingerprint density at radius 1 is 0.455 bits per heavy atom. The van der Waals surface area contributed by atoms with E-state index in [9.17, 15) is 35.1 Å². The average molecular weight is 692 g/mol. The van der Waals surface area contributed by atoms with E-state index in [-0.39, 0.29) is 49.0 Å². The summed E-state index contributed by atoms with van der Waals surface area (Å²) in [6, 6.07) is 15.5. The van der Waals surface area contributed by atoms with Gasteiger partial charge in [0, 0.05) is 16.1 Å². The number of halogens is 12. The molecule has 0 saturated heterocycles. The third kappa shape index (κ3) is 6.26. The second kappa shape index (κ2) is 11.9. The SMILES string of the molecule is Fc1ccc(-c2c(Cl)c(Cl)c(-c3cc(C(F)(F)F)cc(C(F)(F)F)c3)c(-c3ccc(F)c(Cl)c3)c2-c2cccc(Cl)c2)cc1. The van der Waals surface area contributed by atoms with Crippen molar-refractivity contribution in [1.82, 2.24) is 0 Å². The first-order valence-electron chi connectivity index (χ1n) is 12.4. The van der Waals surface area contributed by atoms with Crippen LogP contribution < -0.4 is 0 Å². The number of benzene rings is 5. The Hall–Kier alpha value is -3.30. The molecule has 0 radical (unpaired) electrons. The Labute approximate surface area is 265 Å². The smallest absolute Gasteiger partial charge is 0.207 e. The maximum absolute atomic E-state index is 14.3. The Kier molecular flexibility index (Phi) is 8.68. The third-order valence-electron chi connectivity index (χ3n) is 6.71. The monoisotopic (exact) mass is 690 g/mol. The third-order valence-corrected chi connectivity index (χ3v) is 8.09. The molecule has 5 aromatic rings. The van der Waals surface area contributed by atoms with Crippen LogP contribution in [0, 0.1) is 11.6 Å². The van der Waals surface area contributed by atoms with Crippen LogP contribution in [-0.2, 0) is 12.4 Å². The maximum Gasteiger partial charge on any atom is 0.416 e. The fourth-order valence-corrected chi connectivity index (χ4v) is 5.79. The van der Waals surface area contributed by atoms with Crippen LogP contribution in [0.5, 0.6) is 0 Å². The van der Waals surface area contributed by atoms with E-state index in [0.717, 1.165) is 24.3 Å². The summed E-state index contributed by atoms with van der Waals surface area (Å²) in [4.78, 5) is 0. The van der Waals surface area contributed by atoms with E-state index >= 15 is 0 Å². The van der Waals surface area contributed by atoms with E-state index in [1.54, 1.807) is 12.1 Å². The van der Waals surface area contributed by atoms with E-state index < -0.39 is 45.7 Å². The summed E-state index contributed by atoms with van der Waals surface area (Å²) >= 11 is 26.0. The van der Waals surface area contributed by atoms with E-state index in [1.807, 2.05) is 0 Å². The minimum Gasteiger partial charge on any atom is -0.207 e. The second-order valence-electron chi connectivity index (χ2n) is 9.57. The van der Waals surface area contributed by atoms with Crippen molar-refractivity contribution < 1.29 is 35.1 Å². The summed E-state index contributed by atoms with van der Waals surface area (Å²) in [6.45, 7) is 0. The number of alkyl halides is 6. The normalized spacial score (nSPS) is 12.1. The Bertz CT molecular complexity index is 1860. The van der Waals surface area contributed by atoms with Crippen LogP contribution in [0.15, 0.2) is 84.9 Å². The molecule has 0 aliphatic carbocycles. The quantitative estimate of drug-likeness (QED) is 0.165. The number of hydrogen-bond acceptors (Lipinski definition) is 0. The summed E-state index contributed by atoms with van der Waals surface area (Å²) in [5.74, 6) is -1.43. The fourth-order valence-electron chi connectivity index (χ4n) is 4.82. The van der Waals surface area contributed by atoms with Crippen molar-refractivity contribution in [3.63, 3.8) is 0 Å². The molecule has 226 valence electrons. The van der Waals surface area contributed by atoms with Gasteiger partial charge in [-0.25, -0.2) is 8.78 Å². The lowest BCUT2D eigenvalue weighted by Crippen LogP contribution is -2.11. The minimum atomic E-state index is -5.17. The molecule has 0 N–H and O–H groups in total. The highest BCUT2D eigenvalue weighted by molar-refractivity contribution is 6.47. The highest BCUT2D eigenvalue weighted by Crippen LogP contribution is 2.54. The Morgan fingerprint density at radius 3 is 1.45 bits per heavy atom. The molecule has 0 amide bonds. The molecule has 0 bridgehead atoms. The van der Waals surface area contributed by atoms with Gasteiger partial charge in [-0.05, 0) is 88.0 Å². The van der Waals surface area contributed by atoms with Crippen molar-refractivity contribution in [1.29, 1.82) is 0 Å². The van der Waals surface area contributed by atoms with Gasteiger partial charge in [0.05, 0.1) is 26.2 Å². The van der Waals surface area contributed by atoms with E-state index in [0.29, 0.717) is 23.3 Å². The topological polar surface area (TPSA) is 0 Å². The van der Waals surface area contributed by atoms with Crippen LogP contribution in [0.2, 0.25) is 20.1 Å². The van der Waals surface area contributed by atoms with Crippen molar-refractivity contribution in [2.45, 2.75) is 12.4 Å².